The van der Waals surface area contributed by atoms with E-state index in [-0.39, 0.29) is 12.4 Å². The van der Waals surface area contributed by atoms with Crippen LogP contribution in [-0.4, -0.2) is 37.4 Å². The molecule has 0 radical (unpaired) electrons. The van der Waals surface area contributed by atoms with Gasteiger partial charge in [-0.15, -0.1) is 21.5 Å². The zero-order valence-electron chi connectivity index (χ0n) is 16.2. The van der Waals surface area contributed by atoms with Gasteiger partial charge in [0.1, 0.15) is 4.88 Å². The molecule has 3 aromatic rings. The molecule has 0 fully saturated rings. The first kappa shape index (κ1) is 21.2. The smallest absolute Gasteiger partial charge is 0.349 e. The molecule has 0 saturated heterocycles. The Labute approximate surface area is 173 Å². The van der Waals surface area contributed by atoms with Gasteiger partial charge < -0.3 is 9.15 Å². The number of sulfonamides is 1. The Morgan fingerprint density at radius 1 is 1.21 bits per heavy atom. The number of aryl methyl sites for hydroxylation is 1. The van der Waals surface area contributed by atoms with Crippen LogP contribution in [0, 0.1) is 6.92 Å². The van der Waals surface area contributed by atoms with Gasteiger partial charge in [-0.1, -0.05) is 17.7 Å². The number of nitrogens with one attached hydrogen (secondary N) is 1. The number of hydrogen-bond donors (Lipinski definition) is 1. The molecular formula is C19H21N3O5S2. The molecule has 2 heterocycles. The van der Waals surface area contributed by atoms with E-state index in [1.165, 1.54) is 11.3 Å². The van der Waals surface area contributed by atoms with E-state index in [0.29, 0.717) is 17.2 Å². The molecule has 1 aromatic carbocycles. The second-order valence-electron chi connectivity index (χ2n) is 6.54. The first-order valence-corrected chi connectivity index (χ1v) is 11.6. The van der Waals surface area contributed by atoms with E-state index in [9.17, 15) is 13.2 Å². The van der Waals surface area contributed by atoms with Gasteiger partial charge in [0.2, 0.25) is 15.9 Å². The Hall–Kier alpha value is -2.56. The third-order valence-corrected chi connectivity index (χ3v) is 5.82. The van der Waals surface area contributed by atoms with Crippen LogP contribution in [-0.2, 0) is 21.2 Å². The summed E-state index contributed by atoms with van der Waals surface area (Å²) in [5, 5.41) is 7.99. The van der Waals surface area contributed by atoms with E-state index in [0.717, 1.165) is 22.3 Å². The van der Waals surface area contributed by atoms with Crippen LogP contribution in [0.3, 0.4) is 0 Å². The largest absolute Gasteiger partial charge is 0.448 e. The number of carbonyl (C=O) groups is 1. The van der Waals surface area contributed by atoms with E-state index >= 15 is 0 Å². The molecular weight excluding hydrogens is 414 g/mol. The highest BCUT2D eigenvalue weighted by molar-refractivity contribution is 7.88. The molecule has 0 spiro atoms. The molecule has 10 heteroatoms. The van der Waals surface area contributed by atoms with Gasteiger partial charge >= 0.3 is 5.97 Å². The molecule has 0 saturated carbocycles. The number of hydrogen-bond acceptors (Lipinski definition) is 8. The van der Waals surface area contributed by atoms with Crippen LogP contribution in [0.5, 0.6) is 0 Å². The Morgan fingerprint density at radius 2 is 1.93 bits per heavy atom. The van der Waals surface area contributed by atoms with E-state index in [4.69, 9.17) is 9.15 Å². The van der Waals surface area contributed by atoms with Crippen molar-refractivity contribution in [1.82, 2.24) is 14.9 Å². The number of benzene rings is 1. The van der Waals surface area contributed by atoms with Gasteiger partial charge in [-0.3, -0.25) is 0 Å². The Kier molecular flexibility index (Phi) is 6.46. The third-order valence-electron chi connectivity index (χ3n) is 3.97. The number of carbonyl (C=O) groups excluding carboxylic acids is 1. The fourth-order valence-corrected chi connectivity index (χ4v) is 3.83. The quantitative estimate of drug-likeness (QED) is 0.541. The molecule has 0 amide bonds. The molecule has 0 aliphatic rings. The molecule has 8 nitrogen and oxygen atoms in total. The molecule has 2 aromatic heterocycles. The van der Waals surface area contributed by atoms with E-state index in [1.54, 1.807) is 19.1 Å². The summed E-state index contributed by atoms with van der Waals surface area (Å²) in [7, 11) is -3.23. The second kappa shape index (κ2) is 8.85. The van der Waals surface area contributed by atoms with Crippen molar-refractivity contribution < 1.29 is 22.4 Å². The summed E-state index contributed by atoms with van der Waals surface area (Å²) in [6.45, 7) is 3.92. The average Bonchev–Trinajstić information content (AvgIpc) is 3.31. The van der Waals surface area contributed by atoms with Crippen molar-refractivity contribution in [3.05, 3.63) is 57.6 Å². The number of thiophene rings is 1. The average molecular weight is 436 g/mol. The lowest BCUT2D eigenvalue weighted by atomic mass is 10.1. The second-order valence-corrected chi connectivity index (χ2v) is 9.54. The number of nitrogens with zero attached hydrogens (tertiary/aromatic N) is 2. The highest BCUT2D eigenvalue weighted by Gasteiger charge is 2.21. The van der Waals surface area contributed by atoms with Crippen molar-refractivity contribution in [3.63, 3.8) is 0 Å². The summed E-state index contributed by atoms with van der Waals surface area (Å²) in [4.78, 5) is 13.7. The van der Waals surface area contributed by atoms with E-state index < -0.39 is 22.1 Å². The fourth-order valence-electron chi connectivity index (χ4n) is 2.46. The van der Waals surface area contributed by atoms with Crippen LogP contribution in [0.15, 0.2) is 40.8 Å². The Bertz CT molecular complexity index is 1090. The highest BCUT2D eigenvalue weighted by Crippen LogP contribution is 2.25. The molecule has 0 aliphatic carbocycles. The van der Waals surface area contributed by atoms with E-state index in [1.807, 2.05) is 31.2 Å². The molecule has 29 heavy (non-hydrogen) atoms. The summed E-state index contributed by atoms with van der Waals surface area (Å²) < 4.78 is 35.7. The molecule has 3 rings (SSSR count). The topological polar surface area (TPSA) is 111 Å². The van der Waals surface area contributed by atoms with Crippen LogP contribution < -0.4 is 4.72 Å². The van der Waals surface area contributed by atoms with Gasteiger partial charge in [-0.05, 0) is 44.5 Å². The minimum absolute atomic E-state index is 0.211. The van der Waals surface area contributed by atoms with Gasteiger partial charge in [-0.25, -0.2) is 17.9 Å². The van der Waals surface area contributed by atoms with Crippen LogP contribution in [0.4, 0.5) is 0 Å². The highest BCUT2D eigenvalue weighted by atomic mass is 32.2. The number of esters is 1. The van der Waals surface area contributed by atoms with Crippen LogP contribution in [0.1, 0.15) is 39.0 Å². The van der Waals surface area contributed by atoms with Crippen molar-refractivity contribution >= 4 is 27.3 Å². The molecule has 0 bridgehead atoms. The van der Waals surface area contributed by atoms with Gasteiger partial charge in [0.15, 0.2) is 6.10 Å². The molecule has 0 aliphatic heterocycles. The zero-order chi connectivity index (χ0) is 21.0. The number of rotatable bonds is 8. The summed E-state index contributed by atoms with van der Waals surface area (Å²) in [5.41, 5.74) is 1.91. The SMILES string of the molecule is Cc1ccc(-c2nnc(C(C)OC(=O)c3ccc(CCNS(C)(=O)=O)s3)o2)cc1. The maximum Gasteiger partial charge on any atom is 0.349 e. The Morgan fingerprint density at radius 3 is 2.62 bits per heavy atom. The van der Waals surface area contributed by atoms with Crippen molar-refractivity contribution in [2.45, 2.75) is 26.4 Å². The van der Waals surface area contributed by atoms with Gasteiger partial charge in [0, 0.05) is 17.0 Å². The van der Waals surface area contributed by atoms with Crippen LogP contribution in [0.2, 0.25) is 0 Å². The van der Waals surface area contributed by atoms with E-state index in [2.05, 4.69) is 14.9 Å². The molecule has 1 atom stereocenters. The lowest BCUT2D eigenvalue weighted by Gasteiger charge is -2.08. The minimum atomic E-state index is -3.23. The minimum Gasteiger partial charge on any atom is -0.448 e. The van der Waals surface area contributed by atoms with Crippen LogP contribution >= 0.6 is 11.3 Å². The number of aromatic nitrogens is 2. The maximum absolute atomic E-state index is 12.4. The summed E-state index contributed by atoms with van der Waals surface area (Å²) in [5.74, 6) is 0.0719. The van der Waals surface area contributed by atoms with Gasteiger partial charge in [0.05, 0.1) is 6.26 Å². The third kappa shape index (κ3) is 5.96. The Balaban J connectivity index is 1.59. The molecule has 1 unspecified atom stereocenters. The lowest BCUT2D eigenvalue weighted by Crippen LogP contribution is -2.23. The monoisotopic (exact) mass is 435 g/mol. The van der Waals surface area contributed by atoms with Gasteiger partial charge in [-0.2, -0.15) is 0 Å². The van der Waals surface area contributed by atoms with Crippen molar-refractivity contribution in [2.75, 3.05) is 12.8 Å². The zero-order valence-corrected chi connectivity index (χ0v) is 17.8. The fraction of sp³-hybridized carbons (Fsp3) is 0.316. The van der Waals surface area contributed by atoms with Crippen molar-refractivity contribution in [3.8, 4) is 11.5 Å². The molecule has 154 valence electrons. The lowest BCUT2D eigenvalue weighted by molar-refractivity contribution is 0.0285. The predicted octanol–water partition coefficient (Wildman–Crippen LogP) is 3.12. The normalized spacial score (nSPS) is 12.7. The van der Waals surface area contributed by atoms with Gasteiger partial charge in [0.25, 0.3) is 5.89 Å². The summed E-state index contributed by atoms with van der Waals surface area (Å²) >= 11 is 1.26. The summed E-state index contributed by atoms with van der Waals surface area (Å²) in [6, 6.07) is 11.1. The summed E-state index contributed by atoms with van der Waals surface area (Å²) in [6.07, 6.45) is 0.893. The van der Waals surface area contributed by atoms with Crippen LogP contribution in [0.25, 0.3) is 11.5 Å². The molecule has 1 N–H and O–H groups in total. The predicted molar refractivity (Wildman–Crippen MR) is 109 cm³/mol. The first-order valence-electron chi connectivity index (χ1n) is 8.86. The maximum atomic E-state index is 12.4. The first-order chi connectivity index (χ1) is 13.7. The van der Waals surface area contributed by atoms with Crippen molar-refractivity contribution in [2.24, 2.45) is 0 Å². The van der Waals surface area contributed by atoms with Crippen molar-refractivity contribution in [1.29, 1.82) is 0 Å². The standard InChI is InChI=1S/C19H21N3O5S2/c1-12-4-6-14(7-5-12)18-22-21-17(27-18)13(2)26-19(23)16-9-8-15(28-16)10-11-20-29(3,24)25/h4-9,13,20H,10-11H2,1-3H3. The number of ether oxygens (including phenoxy) is 1.